The van der Waals surface area contributed by atoms with Crippen molar-refractivity contribution in [3.8, 4) is 0 Å². The van der Waals surface area contributed by atoms with Crippen LogP contribution in [0.1, 0.15) is 35.7 Å². The number of piperidine rings is 1. The number of hydrogen-bond acceptors (Lipinski definition) is 2. The molecule has 1 aliphatic heterocycles. The highest BCUT2D eigenvalue weighted by Gasteiger charge is 2.21. The number of rotatable bonds is 3. The summed E-state index contributed by atoms with van der Waals surface area (Å²) in [5, 5.41) is 2.52. The SMILES string of the molecule is C[C@@H]1CCCN(C(=O)c2ccc(CNC(N)=O)cc2)C1. The van der Waals surface area contributed by atoms with E-state index < -0.39 is 6.03 Å². The lowest BCUT2D eigenvalue weighted by atomic mass is 9.99. The zero-order valence-electron chi connectivity index (χ0n) is 11.8. The largest absolute Gasteiger partial charge is 0.352 e. The van der Waals surface area contributed by atoms with Crippen molar-refractivity contribution < 1.29 is 9.59 Å². The lowest BCUT2D eigenvalue weighted by Crippen LogP contribution is -2.39. The Labute approximate surface area is 119 Å². The second-order valence-corrected chi connectivity index (χ2v) is 5.41. The van der Waals surface area contributed by atoms with Crippen molar-refractivity contribution in [2.75, 3.05) is 13.1 Å². The summed E-state index contributed by atoms with van der Waals surface area (Å²) < 4.78 is 0. The lowest BCUT2D eigenvalue weighted by molar-refractivity contribution is 0.0683. The Morgan fingerprint density at radius 2 is 2.05 bits per heavy atom. The number of primary amides is 1. The molecule has 1 aromatic rings. The predicted octanol–water partition coefficient (Wildman–Crippen LogP) is 1.73. The number of likely N-dealkylation sites (tertiary alicyclic amines) is 1. The van der Waals surface area contributed by atoms with Gasteiger partial charge in [-0.25, -0.2) is 4.79 Å². The third-order valence-corrected chi connectivity index (χ3v) is 3.61. The summed E-state index contributed by atoms with van der Waals surface area (Å²) >= 11 is 0. The molecule has 1 atom stereocenters. The molecule has 2 rings (SSSR count). The maximum atomic E-state index is 12.4. The number of urea groups is 1. The predicted molar refractivity (Wildman–Crippen MR) is 77.2 cm³/mol. The van der Waals surface area contributed by atoms with Gasteiger partial charge in [0.05, 0.1) is 0 Å². The number of nitrogens with one attached hydrogen (secondary N) is 1. The zero-order chi connectivity index (χ0) is 14.5. The van der Waals surface area contributed by atoms with Crippen LogP contribution in [-0.4, -0.2) is 29.9 Å². The average molecular weight is 275 g/mol. The topological polar surface area (TPSA) is 75.4 Å². The maximum Gasteiger partial charge on any atom is 0.312 e. The summed E-state index contributed by atoms with van der Waals surface area (Å²) in [7, 11) is 0. The summed E-state index contributed by atoms with van der Waals surface area (Å²) in [6.07, 6.45) is 2.27. The van der Waals surface area contributed by atoms with Crippen LogP contribution in [-0.2, 0) is 6.54 Å². The van der Waals surface area contributed by atoms with Gasteiger partial charge in [0.1, 0.15) is 0 Å². The van der Waals surface area contributed by atoms with Gasteiger partial charge in [-0.2, -0.15) is 0 Å². The normalized spacial score (nSPS) is 18.6. The summed E-state index contributed by atoms with van der Waals surface area (Å²) in [6.45, 7) is 4.24. The van der Waals surface area contributed by atoms with Gasteiger partial charge < -0.3 is 16.0 Å². The molecule has 0 bridgehead atoms. The molecule has 1 heterocycles. The van der Waals surface area contributed by atoms with Gasteiger partial charge in [-0.05, 0) is 36.5 Å². The second-order valence-electron chi connectivity index (χ2n) is 5.41. The summed E-state index contributed by atoms with van der Waals surface area (Å²) in [4.78, 5) is 24.9. The van der Waals surface area contributed by atoms with Crippen molar-refractivity contribution >= 4 is 11.9 Å². The minimum Gasteiger partial charge on any atom is -0.352 e. The number of carbonyl (C=O) groups excluding carboxylic acids is 2. The van der Waals surface area contributed by atoms with Gasteiger partial charge in [-0.15, -0.1) is 0 Å². The minimum absolute atomic E-state index is 0.0889. The van der Waals surface area contributed by atoms with E-state index in [0.717, 1.165) is 25.1 Å². The quantitative estimate of drug-likeness (QED) is 0.881. The molecule has 3 N–H and O–H groups in total. The molecule has 1 fully saturated rings. The number of carbonyl (C=O) groups is 2. The van der Waals surface area contributed by atoms with Crippen LogP contribution in [0.3, 0.4) is 0 Å². The molecule has 0 spiro atoms. The fourth-order valence-electron chi connectivity index (χ4n) is 2.51. The van der Waals surface area contributed by atoms with Gasteiger partial charge >= 0.3 is 6.03 Å². The molecule has 0 aromatic heterocycles. The average Bonchev–Trinajstić information content (AvgIpc) is 2.45. The van der Waals surface area contributed by atoms with Crippen LogP contribution in [0.2, 0.25) is 0 Å². The van der Waals surface area contributed by atoms with E-state index in [1.807, 2.05) is 17.0 Å². The molecule has 0 unspecified atom stereocenters. The Hall–Kier alpha value is -2.04. The van der Waals surface area contributed by atoms with E-state index in [4.69, 9.17) is 5.73 Å². The molecular formula is C15H21N3O2. The van der Waals surface area contributed by atoms with Crippen molar-refractivity contribution in [2.24, 2.45) is 11.7 Å². The monoisotopic (exact) mass is 275 g/mol. The molecule has 0 saturated carbocycles. The van der Waals surface area contributed by atoms with Gasteiger partial charge in [0.2, 0.25) is 0 Å². The molecule has 1 saturated heterocycles. The highest BCUT2D eigenvalue weighted by Crippen LogP contribution is 2.18. The van der Waals surface area contributed by atoms with Gasteiger partial charge in [0, 0.05) is 25.2 Å². The Kier molecular flexibility index (Phi) is 4.61. The number of nitrogens with zero attached hydrogens (tertiary/aromatic N) is 1. The fourth-order valence-corrected chi connectivity index (χ4v) is 2.51. The van der Waals surface area contributed by atoms with E-state index in [0.29, 0.717) is 18.0 Å². The van der Waals surface area contributed by atoms with Gasteiger partial charge in [-0.1, -0.05) is 19.1 Å². The fraction of sp³-hybridized carbons (Fsp3) is 0.467. The van der Waals surface area contributed by atoms with E-state index in [9.17, 15) is 9.59 Å². The first kappa shape index (κ1) is 14.4. The summed E-state index contributed by atoms with van der Waals surface area (Å²) in [6, 6.07) is 6.75. The van der Waals surface area contributed by atoms with Crippen molar-refractivity contribution in [3.05, 3.63) is 35.4 Å². The van der Waals surface area contributed by atoms with Gasteiger partial charge in [-0.3, -0.25) is 4.79 Å². The van der Waals surface area contributed by atoms with Gasteiger partial charge in [0.25, 0.3) is 5.91 Å². The lowest BCUT2D eigenvalue weighted by Gasteiger charge is -2.31. The van der Waals surface area contributed by atoms with E-state index in [1.165, 1.54) is 6.42 Å². The number of amides is 3. The first-order chi connectivity index (χ1) is 9.56. The highest BCUT2D eigenvalue weighted by atomic mass is 16.2. The van der Waals surface area contributed by atoms with Crippen LogP contribution in [0, 0.1) is 5.92 Å². The van der Waals surface area contributed by atoms with Crippen LogP contribution in [0.15, 0.2) is 24.3 Å². The maximum absolute atomic E-state index is 12.4. The minimum atomic E-state index is -0.549. The molecule has 3 amide bonds. The smallest absolute Gasteiger partial charge is 0.312 e. The first-order valence-corrected chi connectivity index (χ1v) is 6.98. The Morgan fingerprint density at radius 1 is 1.35 bits per heavy atom. The van der Waals surface area contributed by atoms with E-state index >= 15 is 0 Å². The third-order valence-electron chi connectivity index (χ3n) is 3.61. The molecule has 5 heteroatoms. The Morgan fingerprint density at radius 3 is 2.65 bits per heavy atom. The third kappa shape index (κ3) is 3.73. The zero-order valence-corrected chi connectivity index (χ0v) is 11.8. The van der Waals surface area contributed by atoms with Crippen LogP contribution < -0.4 is 11.1 Å². The highest BCUT2D eigenvalue weighted by molar-refractivity contribution is 5.94. The van der Waals surface area contributed by atoms with Crippen molar-refractivity contribution in [2.45, 2.75) is 26.3 Å². The van der Waals surface area contributed by atoms with Gasteiger partial charge in [0.15, 0.2) is 0 Å². The molecule has 0 aliphatic carbocycles. The Bertz CT molecular complexity index is 484. The molecule has 1 aromatic carbocycles. The molecular weight excluding hydrogens is 254 g/mol. The molecule has 5 nitrogen and oxygen atoms in total. The van der Waals surface area contributed by atoms with Crippen LogP contribution in [0.25, 0.3) is 0 Å². The van der Waals surface area contributed by atoms with E-state index in [-0.39, 0.29) is 5.91 Å². The van der Waals surface area contributed by atoms with Crippen LogP contribution in [0.5, 0.6) is 0 Å². The first-order valence-electron chi connectivity index (χ1n) is 6.98. The van der Waals surface area contributed by atoms with Crippen LogP contribution >= 0.6 is 0 Å². The van der Waals surface area contributed by atoms with Crippen molar-refractivity contribution in [3.63, 3.8) is 0 Å². The molecule has 20 heavy (non-hydrogen) atoms. The number of hydrogen-bond donors (Lipinski definition) is 2. The number of nitrogens with two attached hydrogens (primary N) is 1. The van der Waals surface area contributed by atoms with E-state index in [1.54, 1.807) is 12.1 Å². The summed E-state index contributed by atoms with van der Waals surface area (Å²) in [5.74, 6) is 0.665. The van der Waals surface area contributed by atoms with E-state index in [2.05, 4.69) is 12.2 Å². The second kappa shape index (κ2) is 6.41. The van der Waals surface area contributed by atoms with Crippen molar-refractivity contribution in [1.29, 1.82) is 0 Å². The Balaban J connectivity index is 1.98. The standard InChI is InChI=1S/C15H21N3O2/c1-11-3-2-8-18(10-11)14(19)13-6-4-12(5-7-13)9-17-15(16)20/h4-7,11H,2-3,8-10H2,1H3,(H3,16,17,20)/t11-/m1/s1. The molecule has 1 aliphatic rings. The van der Waals surface area contributed by atoms with Crippen LogP contribution in [0.4, 0.5) is 4.79 Å². The number of benzene rings is 1. The molecule has 0 radical (unpaired) electrons. The van der Waals surface area contributed by atoms with Crippen molar-refractivity contribution in [1.82, 2.24) is 10.2 Å². The molecule has 108 valence electrons. The summed E-state index contributed by atoms with van der Waals surface area (Å²) in [5.41, 5.74) is 6.64.